The Hall–Kier alpha value is -2.23. The Bertz CT molecular complexity index is 461. The molecular weight excluding hydrogens is 214 g/mol. The molecule has 0 aliphatic heterocycles. The smallest absolute Gasteiger partial charge is 0.197 e. The number of hydrogen-bond acceptors (Lipinski definition) is 3. The number of anilines is 1. The van der Waals surface area contributed by atoms with E-state index in [0.717, 1.165) is 5.69 Å². The normalized spacial score (nSPS) is 12.1. The van der Waals surface area contributed by atoms with Gasteiger partial charge in [0.25, 0.3) is 0 Å². The van der Waals surface area contributed by atoms with Gasteiger partial charge in [0.2, 0.25) is 0 Å². The summed E-state index contributed by atoms with van der Waals surface area (Å²) in [5.74, 6) is 0.449. The average molecular weight is 229 g/mol. The third kappa shape index (κ3) is 4.03. The van der Waals surface area contributed by atoms with Crippen molar-refractivity contribution in [3.8, 4) is 0 Å². The van der Waals surface area contributed by atoms with Crippen LogP contribution in [-0.2, 0) is 4.79 Å². The molecule has 0 amide bonds. The van der Waals surface area contributed by atoms with Crippen LogP contribution in [0.4, 0.5) is 5.69 Å². The van der Waals surface area contributed by atoms with Gasteiger partial charge in [0, 0.05) is 12.6 Å². The van der Waals surface area contributed by atoms with Gasteiger partial charge in [-0.2, -0.15) is 0 Å². The second-order valence-electron chi connectivity index (χ2n) is 3.31. The number of amidine groups is 1. The minimum atomic E-state index is -0.214. The molecule has 1 N–H and O–H groups in total. The number of rotatable bonds is 4. The summed E-state index contributed by atoms with van der Waals surface area (Å²) >= 11 is 0. The van der Waals surface area contributed by atoms with E-state index in [1.165, 1.54) is 6.92 Å². The lowest BCUT2D eigenvalue weighted by Gasteiger charge is -2.06. The molecule has 0 fully saturated rings. The fourth-order valence-corrected chi connectivity index (χ4v) is 1.17. The van der Waals surface area contributed by atoms with Crippen molar-refractivity contribution in [3.63, 3.8) is 0 Å². The molecule has 1 aromatic rings. The molecule has 17 heavy (non-hydrogen) atoms. The number of allylic oxidation sites excluding steroid dienone is 1. The maximum atomic E-state index is 11.2. The summed E-state index contributed by atoms with van der Waals surface area (Å²) in [7, 11) is 0. The maximum absolute atomic E-state index is 11.2. The largest absolute Gasteiger partial charge is 0.340 e. The standard InChI is InChI=1S/C13H15N3O/c1-4-12(16-13(14-3)10(2)17)15-11-8-6-5-7-9-11/h4-9,15H,3H2,1-2H3/b12-4-,16-13?. The van der Waals surface area contributed by atoms with Crippen molar-refractivity contribution in [2.75, 3.05) is 5.32 Å². The molecule has 4 nitrogen and oxygen atoms in total. The van der Waals surface area contributed by atoms with E-state index in [1.807, 2.05) is 37.3 Å². The lowest BCUT2D eigenvalue weighted by molar-refractivity contribution is -0.111. The van der Waals surface area contributed by atoms with E-state index in [9.17, 15) is 4.79 Å². The number of nitrogens with one attached hydrogen (secondary N) is 1. The Morgan fingerprint density at radius 1 is 1.35 bits per heavy atom. The molecule has 4 heteroatoms. The predicted octanol–water partition coefficient (Wildman–Crippen LogP) is 2.65. The van der Waals surface area contributed by atoms with E-state index < -0.39 is 0 Å². The van der Waals surface area contributed by atoms with Gasteiger partial charge in [0.15, 0.2) is 11.6 Å². The molecular formula is C13H15N3O. The molecule has 0 aliphatic carbocycles. The van der Waals surface area contributed by atoms with Crippen LogP contribution in [0.3, 0.4) is 0 Å². The summed E-state index contributed by atoms with van der Waals surface area (Å²) in [6, 6.07) is 9.58. The van der Waals surface area contributed by atoms with E-state index in [-0.39, 0.29) is 11.6 Å². The summed E-state index contributed by atoms with van der Waals surface area (Å²) in [4.78, 5) is 18.8. The number of ketones is 1. The number of carbonyl (C=O) groups excluding carboxylic acids is 1. The Morgan fingerprint density at radius 3 is 2.47 bits per heavy atom. The van der Waals surface area contributed by atoms with Gasteiger partial charge in [0.1, 0.15) is 5.82 Å². The van der Waals surface area contributed by atoms with Gasteiger partial charge in [-0.3, -0.25) is 4.79 Å². The van der Waals surface area contributed by atoms with Crippen LogP contribution in [0, 0.1) is 0 Å². The summed E-state index contributed by atoms with van der Waals surface area (Å²) in [6.07, 6.45) is 1.76. The monoisotopic (exact) mass is 229 g/mol. The third-order valence-corrected chi connectivity index (χ3v) is 2.01. The molecule has 0 heterocycles. The van der Waals surface area contributed by atoms with E-state index in [2.05, 4.69) is 22.0 Å². The number of Topliss-reactive ketones (excluding diaryl/α,β-unsaturated/α-hetero) is 1. The summed E-state index contributed by atoms with van der Waals surface area (Å²) in [5, 5.41) is 3.08. The average Bonchev–Trinajstić information content (AvgIpc) is 2.35. The van der Waals surface area contributed by atoms with E-state index in [1.54, 1.807) is 6.08 Å². The highest BCUT2D eigenvalue weighted by Crippen LogP contribution is 2.10. The topological polar surface area (TPSA) is 53.8 Å². The number of nitrogens with zero attached hydrogens (tertiary/aromatic N) is 2. The molecule has 0 aromatic heterocycles. The number of carbonyl (C=O) groups is 1. The van der Waals surface area contributed by atoms with Gasteiger partial charge in [-0.1, -0.05) is 18.2 Å². The van der Waals surface area contributed by atoms with E-state index in [0.29, 0.717) is 5.82 Å². The van der Waals surface area contributed by atoms with Crippen molar-refractivity contribution in [1.82, 2.24) is 0 Å². The van der Waals surface area contributed by atoms with Crippen LogP contribution in [0.5, 0.6) is 0 Å². The second-order valence-corrected chi connectivity index (χ2v) is 3.31. The molecule has 0 unspecified atom stereocenters. The first-order chi connectivity index (χ1) is 8.17. The van der Waals surface area contributed by atoms with Crippen molar-refractivity contribution in [2.45, 2.75) is 13.8 Å². The summed E-state index contributed by atoms with van der Waals surface area (Å²) < 4.78 is 0. The molecule has 0 bridgehead atoms. The van der Waals surface area contributed by atoms with Crippen LogP contribution in [-0.4, -0.2) is 18.3 Å². The van der Waals surface area contributed by atoms with Crippen molar-refractivity contribution in [3.05, 3.63) is 42.2 Å². The molecule has 0 aliphatic rings. The number of hydrogen-bond donors (Lipinski definition) is 1. The third-order valence-electron chi connectivity index (χ3n) is 2.01. The highest BCUT2D eigenvalue weighted by molar-refractivity contribution is 6.39. The van der Waals surface area contributed by atoms with Crippen LogP contribution in [0.1, 0.15) is 13.8 Å². The van der Waals surface area contributed by atoms with Gasteiger partial charge in [0.05, 0.1) is 0 Å². The lowest BCUT2D eigenvalue weighted by Crippen LogP contribution is -2.09. The molecule has 0 saturated carbocycles. The van der Waals surface area contributed by atoms with Crippen molar-refractivity contribution in [2.24, 2.45) is 9.98 Å². The van der Waals surface area contributed by atoms with Crippen LogP contribution in [0.25, 0.3) is 0 Å². The predicted molar refractivity (Wildman–Crippen MR) is 71.5 cm³/mol. The van der Waals surface area contributed by atoms with Gasteiger partial charge in [-0.05, 0) is 31.9 Å². The molecule has 0 atom stereocenters. The molecule has 88 valence electrons. The zero-order valence-corrected chi connectivity index (χ0v) is 9.97. The highest BCUT2D eigenvalue weighted by Gasteiger charge is 2.03. The maximum Gasteiger partial charge on any atom is 0.197 e. The first-order valence-corrected chi connectivity index (χ1v) is 5.22. The molecule has 0 spiro atoms. The Kier molecular flexibility index (Phi) is 4.81. The molecule has 0 saturated heterocycles. The minimum absolute atomic E-state index is 0.0986. The Morgan fingerprint density at radius 2 is 2.00 bits per heavy atom. The van der Waals surface area contributed by atoms with Crippen molar-refractivity contribution < 1.29 is 4.79 Å². The first-order valence-electron chi connectivity index (χ1n) is 5.22. The first kappa shape index (κ1) is 12.8. The van der Waals surface area contributed by atoms with E-state index >= 15 is 0 Å². The second kappa shape index (κ2) is 6.37. The molecule has 0 radical (unpaired) electrons. The minimum Gasteiger partial charge on any atom is -0.340 e. The number of para-hydroxylation sites is 1. The van der Waals surface area contributed by atoms with Crippen molar-refractivity contribution >= 4 is 24.0 Å². The van der Waals surface area contributed by atoms with Gasteiger partial charge in [-0.25, -0.2) is 9.98 Å². The molecule has 1 aromatic carbocycles. The van der Waals surface area contributed by atoms with Gasteiger partial charge < -0.3 is 5.32 Å². The van der Waals surface area contributed by atoms with Gasteiger partial charge >= 0.3 is 0 Å². The van der Waals surface area contributed by atoms with E-state index in [4.69, 9.17) is 0 Å². The van der Waals surface area contributed by atoms with Crippen LogP contribution < -0.4 is 5.32 Å². The zero-order chi connectivity index (χ0) is 12.7. The van der Waals surface area contributed by atoms with Crippen LogP contribution in [0.15, 0.2) is 52.2 Å². The fourth-order valence-electron chi connectivity index (χ4n) is 1.17. The van der Waals surface area contributed by atoms with Crippen LogP contribution >= 0.6 is 0 Å². The SMILES string of the molecule is C=NC(=N/C(=C\C)Nc1ccccc1)C(C)=O. The van der Waals surface area contributed by atoms with Gasteiger partial charge in [-0.15, -0.1) is 0 Å². The Balaban J connectivity index is 2.88. The van der Waals surface area contributed by atoms with Crippen LogP contribution in [0.2, 0.25) is 0 Å². The quantitative estimate of drug-likeness (QED) is 0.637. The summed E-state index contributed by atoms with van der Waals surface area (Å²) in [5.41, 5.74) is 0.899. The summed E-state index contributed by atoms with van der Waals surface area (Å²) in [6.45, 7) is 6.56. The highest BCUT2D eigenvalue weighted by atomic mass is 16.1. The lowest BCUT2D eigenvalue weighted by atomic mass is 10.3. The number of benzene rings is 1. The Labute approximate surface area is 101 Å². The van der Waals surface area contributed by atoms with Crippen molar-refractivity contribution in [1.29, 1.82) is 0 Å². The number of aliphatic imine (C=N–C) groups is 2. The molecule has 1 rings (SSSR count). The zero-order valence-electron chi connectivity index (χ0n) is 9.97. The fraction of sp³-hybridized carbons (Fsp3) is 0.154.